The molecular weight excluding hydrogens is 678 g/mol. The molecule has 1 aliphatic rings. The molecule has 0 fully saturated rings. The quantitative estimate of drug-likeness (QED) is 0.283. The Morgan fingerprint density at radius 3 is 2.59 bits per heavy atom. The van der Waals surface area contributed by atoms with Crippen LogP contribution < -0.4 is 19.6 Å². The standard InChI is InChI=1S/C25H22I2N2O4S/c1-4-18-20(24(31)32-3)21(14-9-7-6-8-10-14)29-23(30)19(34-25(29)28-18)12-15-11-16(26)13-17(27)22(15)33-5-2/h6-13,21H,4-5H2,1-3H3/b19-12+/t21-/m0/s1. The van der Waals surface area contributed by atoms with Crippen molar-refractivity contribution in [3.8, 4) is 5.75 Å². The third-order valence-electron chi connectivity index (χ3n) is 5.38. The van der Waals surface area contributed by atoms with Gasteiger partial charge in [0.05, 0.1) is 39.1 Å². The number of benzene rings is 2. The van der Waals surface area contributed by atoms with E-state index in [4.69, 9.17) is 14.5 Å². The summed E-state index contributed by atoms with van der Waals surface area (Å²) in [5, 5.41) is 0. The summed E-state index contributed by atoms with van der Waals surface area (Å²) in [5.41, 5.74) is 2.49. The maximum atomic E-state index is 13.8. The van der Waals surface area contributed by atoms with E-state index in [9.17, 15) is 9.59 Å². The number of carbonyl (C=O) groups excluding carboxylic acids is 1. The van der Waals surface area contributed by atoms with E-state index in [0.717, 1.165) is 24.0 Å². The average Bonchev–Trinajstić information content (AvgIpc) is 3.14. The molecule has 4 rings (SSSR count). The van der Waals surface area contributed by atoms with Crippen molar-refractivity contribution in [1.82, 2.24) is 4.57 Å². The van der Waals surface area contributed by atoms with Crippen molar-refractivity contribution in [2.45, 2.75) is 26.3 Å². The van der Waals surface area contributed by atoms with Gasteiger partial charge in [-0.25, -0.2) is 9.79 Å². The lowest BCUT2D eigenvalue weighted by atomic mass is 9.95. The molecule has 0 saturated heterocycles. The minimum Gasteiger partial charge on any atom is -0.492 e. The molecule has 0 amide bonds. The highest BCUT2D eigenvalue weighted by atomic mass is 127. The number of allylic oxidation sites excluding steroid dienone is 1. The molecular formula is C25H22I2N2O4S. The van der Waals surface area contributed by atoms with E-state index < -0.39 is 12.0 Å². The third kappa shape index (κ3) is 4.74. The number of halogens is 2. The van der Waals surface area contributed by atoms with Gasteiger partial charge in [-0.2, -0.15) is 0 Å². The fraction of sp³-hybridized carbons (Fsp3) is 0.240. The van der Waals surface area contributed by atoms with Crippen LogP contribution in [0.25, 0.3) is 6.08 Å². The van der Waals surface area contributed by atoms with Gasteiger partial charge in [0.1, 0.15) is 5.75 Å². The van der Waals surface area contributed by atoms with Crippen molar-refractivity contribution < 1.29 is 14.3 Å². The van der Waals surface area contributed by atoms with Crippen molar-refractivity contribution >= 4 is 68.6 Å². The monoisotopic (exact) mass is 700 g/mol. The highest BCUT2D eigenvalue weighted by molar-refractivity contribution is 14.1. The number of hydrogen-bond donors (Lipinski definition) is 0. The van der Waals surface area contributed by atoms with Gasteiger partial charge >= 0.3 is 5.97 Å². The number of rotatable bonds is 6. The van der Waals surface area contributed by atoms with Crippen LogP contribution in [0.2, 0.25) is 0 Å². The van der Waals surface area contributed by atoms with Crippen LogP contribution in [-0.4, -0.2) is 24.3 Å². The first kappa shape index (κ1) is 25.1. The molecule has 0 spiro atoms. The Morgan fingerprint density at radius 2 is 1.94 bits per heavy atom. The van der Waals surface area contributed by atoms with Gasteiger partial charge in [0.15, 0.2) is 4.80 Å². The van der Waals surface area contributed by atoms with Crippen molar-refractivity contribution in [2.24, 2.45) is 4.99 Å². The van der Waals surface area contributed by atoms with Crippen molar-refractivity contribution in [3.05, 3.63) is 91.7 Å². The van der Waals surface area contributed by atoms with Crippen molar-refractivity contribution in [1.29, 1.82) is 0 Å². The first-order chi connectivity index (χ1) is 16.4. The minimum atomic E-state index is -0.607. The zero-order valence-corrected chi connectivity index (χ0v) is 23.9. The Morgan fingerprint density at radius 1 is 1.21 bits per heavy atom. The van der Waals surface area contributed by atoms with E-state index >= 15 is 0 Å². The molecule has 0 aliphatic carbocycles. The largest absolute Gasteiger partial charge is 0.492 e. The fourth-order valence-electron chi connectivity index (χ4n) is 3.94. The smallest absolute Gasteiger partial charge is 0.338 e. The van der Waals surface area contributed by atoms with Gasteiger partial charge in [0.25, 0.3) is 5.56 Å². The van der Waals surface area contributed by atoms with Crippen molar-refractivity contribution in [2.75, 3.05) is 13.7 Å². The lowest BCUT2D eigenvalue weighted by Gasteiger charge is -2.25. The predicted octanol–water partition coefficient (Wildman–Crippen LogP) is 4.41. The van der Waals surface area contributed by atoms with E-state index in [2.05, 4.69) is 45.2 Å². The zero-order valence-electron chi connectivity index (χ0n) is 18.8. The van der Waals surface area contributed by atoms with Crippen LogP contribution in [0.3, 0.4) is 0 Å². The van der Waals surface area contributed by atoms with Gasteiger partial charge in [0.2, 0.25) is 0 Å². The maximum absolute atomic E-state index is 13.8. The van der Waals surface area contributed by atoms with Gasteiger partial charge < -0.3 is 9.47 Å². The molecule has 1 aliphatic heterocycles. The van der Waals surface area contributed by atoms with Gasteiger partial charge in [-0.1, -0.05) is 48.6 Å². The summed E-state index contributed by atoms with van der Waals surface area (Å²) in [6.07, 6.45) is 2.40. The van der Waals surface area contributed by atoms with E-state index in [1.807, 2.05) is 62.4 Å². The predicted molar refractivity (Wildman–Crippen MR) is 150 cm³/mol. The van der Waals surface area contributed by atoms with Crippen LogP contribution in [-0.2, 0) is 9.53 Å². The Labute approximate surface area is 228 Å². The molecule has 3 aromatic rings. The van der Waals surface area contributed by atoms with Crippen LogP contribution in [0, 0.1) is 7.14 Å². The Kier molecular flexibility index (Phi) is 7.93. The van der Waals surface area contributed by atoms with E-state index in [1.165, 1.54) is 18.4 Å². The van der Waals surface area contributed by atoms with Crippen LogP contribution in [0.4, 0.5) is 0 Å². The molecule has 176 valence electrons. The summed E-state index contributed by atoms with van der Waals surface area (Å²) in [4.78, 5) is 31.9. The second-order valence-corrected chi connectivity index (χ2v) is 10.9. The maximum Gasteiger partial charge on any atom is 0.338 e. The van der Waals surface area contributed by atoms with Crippen LogP contribution in [0.15, 0.2) is 63.5 Å². The lowest BCUT2D eigenvalue weighted by molar-refractivity contribution is -0.136. The number of nitrogens with zero attached hydrogens (tertiary/aromatic N) is 2. The molecule has 1 aromatic heterocycles. The second kappa shape index (κ2) is 10.7. The van der Waals surface area contributed by atoms with Crippen LogP contribution in [0.5, 0.6) is 5.75 Å². The van der Waals surface area contributed by atoms with Crippen molar-refractivity contribution in [3.63, 3.8) is 0 Å². The Bertz CT molecular complexity index is 1460. The normalized spacial score (nSPS) is 15.7. The number of ether oxygens (including phenoxy) is 2. The molecule has 0 N–H and O–H groups in total. The summed E-state index contributed by atoms with van der Waals surface area (Å²) >= 11 is 5.82. The molecule has 0 radical (unpaired) electrons. The van der Waals surface area contributed by atoms with Gasteiger partial charge in [-0.05, 0) is 82.3 Å². The molecule has 0 bridgehead atoms. The van der Waals surface area contributed by atoms with Gasteiger partial charge in [-0.15, -0.1) is 0 Å². The summed E-state index contributed by atoms with van der Waals surface area (Å²) in [7, 11) is 1.35. The number of hydrogen-bond acceptors (Lipinski definition) is 6. The molecule has 2 aromatic carbocycles. The first-order valence-corrected chi connectivity index (χ1v) is 13.7. The minimum absolute atomic E-state index is 0.203. The molecule has 6 nitrogen and oxygen atoms in total. The molecule has 1 atom stereocenters. The summed E-state index contributed by atoms with van der Waals surface area (Å²) < 4.78 is 15.2. The first-order valence-electron chi connectivity index (χ1n) is 10.7. The third-order valence-corrected chi connectivity index (χ3v) is 7.78. The Hall–Kier alpha value is -1.99. The molecule has 9 heteroatoms. The second-order valence-electron chi connectivity index (χ2n) is 7.44. The number of carbonyl (C=O) groups is 1. The Balaban J connectivity index is 2.01. The number of thiazole rings is 1. The summed E-state index contributed by atoms with van der Waals surface area (Å²) in [6.45, 7) is 4.40. The SMILES string of the molecule is CCOc1c(I)cc(I)cc1/C=c1/sc2n(c1=O)[C@@H](c1ccccc1)C(C(=O)OC)=C(CC)N=2. The zero-order chi connectivity index (χ0) is 24.4. The van der Waals surface area contributed by atoms with E-state index in [0.29, 0.717) is 33.6 Å². The van der Waals surface area contributed by atoms with E-state index in [-0.39, 0.29) is 5.56 Å². The highest BCUT2D eigenvalue weighted by Crippen LogP contribution is 2.32. The number of esters is 1. The van der Waals surface area contributed by atoms with Gasteiger partial charge in [-0.3, -0.25) is 9.36 Å². The topological polar surface area (TPSA) is 69.9 Å². The highest BCUT2D eigenvalue weighted by Gasteiger charge is 2.33. The van der Waals surface area contributed by atoms with Crippen LogP contribution >= 0.6 is 56.5 Å². The number of aromatic nitrogens is 1. The lowest BCUT2D eigenvalue weighted by Crippen LogP contribution is -2.40. The molecule has 2 heterocycles. The average molecular weight is 700 g/mol. The number of fused-ring (bicyclic) bond motifs is 1. The summed E-state index contributed by atoms with van der Waals surface area (Å²) in [5.74, 6) is 0.271. The fourth-order valence-corrected chi connectivity index (χ4v) is 7.00. The van der Waals surface area contributed by atoms with Gasteiger partial charge in [0, 0.05) is 9.13 Å². The van der Waals surface area contributed by atoms with Crippen LogP contribution in [0.1, 0.15) is 37.4 Å². The van der Waals surface area contributed by atoms with E-state index in [1.54, 1.807) is 4.57 Å². The molecule has 0 saturated carbocycles. The summed E-state index contributed by atoms with van der Waals surface area (Å²) in [6, 6.07) is 13.0. The molecule has 34 heavy (non-hydrogen) atoms. The number of methoxy groups -OCH3 is 1. The molecule has 0 unspecified atom stereocenters.